The van der Waals surface area contributed by atoms with E-state index in [1.165, 1.54) is 23.5 Å². The molecule has 1 saturated heterocycles. The van der Waals surface area contributed by atoms with Gasteiger partial charge in [0.25, 0.3) is 0 Å². The van der Waals surface area contributed by atoms with Gasteiger partial charge in [0.05, 0.1) is 22.2 Å². The second kappa shape index (κ2) is 7.17. The Hall–Kier alpha value is -1.90. The highest BCUT2D eigenvalue weighted by Crippen LogP contribution is 2.30. The summed E-state index contributed by atoms with van der Waals surface area (Å²) in [6, 6.07) is 12.9. The van der Waals surface area contributed by atoms with E-state index in [4.69, 9.17) is 4.74 Å². The Morgan fingerprint density at radius 1 is 0.857 bits per heavy atom. The second-order valence-corrected chi connectivity index (χ2v) is 12.1. The molecule has 0 aromatic heterocycles. The van der Waals surface area contributed by atoms with Crippen molar-refractivity contribution < 1.29 is 21.6 Å². The van der Waals surface area contributed by atoms with Gasteiger partial charge in [-0.05, 0) is 47.4 Å². The van der Waals surface area contributed by atoms with Crippen molar-refractivity contribution in [2.45, 2.75) is 41.2 Å². The molecule has 8 heteroatoms. The molecule has 6 nitrogen and oxygen atoms in total. The molecule has 1 fully saturated rings. The van der Waals surface area contributed by atoms with E-state index in [1.807, 2.05) is 0 Å². The second-order valence-electron chi connectivity index (χ2n) is 7.94. The smallest absolute Gasteiger partial charge is 0.243 e. The van der Waals surface area contributed by atoms with Gasteiger partial charge >= 0.3 is 0 Å². The fourth-order valence-electron chi connectivity index (χ4n) is 3.03. The first kappa shape index (κ1) is 20.8. The van der Waals surface area contributed by atoms with Gasteiger partial charge in [-0.1, -0.05) is 32.9 Å². The van der Waals surface area contributed by atoms with E-state index in [-0.39, 0.29) is 28.3 Å². The third-order valence-corrected chi connectivity index (χ3v) is 8.95. The topological polar surface area (TPSA) is 80.8 Å². The summed E-state index contributed by atoms with van der Waals surface area (Å²) in [6.07, 6.45) is 0. The molecule has 1 heterocycles. The quantitative estimate of drug-likeness (QED) is 0.739. The predicted octanol–water partition coefficient (Wildman–Crippen LogP) is 2.84. The first-order valence-corrected chi connectivity index (χ1v) is 11.9. The van der Waals surface area contributed by atoms with Gasteiger partial charge in [0, 0.05) is 13.1 Å². The molecule has 3 rings (SSSR count). The van der Waals surface area contributed by atoms with Gasteiger partial charge in [-0.3, -0.25) is 0 Å². The minimum atomic E-state index is -3.70. The molecule has 0 saturated carbocycles. The van der Waals surface area contributed by atoms with E-state index >= 15 is 0 Å². The van der Waals surface area contributed by atoms with Crippen molar-refractivity contribution in [3.63, 3.8) is 0 Å². The third kappa shape index (κ3) is 3.81. The number of sulfonamides is 1. The molecule has 2 aromatic rings. The Morgan fingerprint density at radius 3 is 1.82 bits per heavy atom. The number of methoxy groups -OCH3 is 1. The van der Waals surface area contributed by atoms with Crippen LogP contribution in [0.5, 0.6) is 5.75 Å². The standard InChI is InChI=1S/C20H25NO5S2/c1-20(2,3)15-5-9-18(10-6-15)28(24,25)21-13-19(14-21)27(22,23)17-11-7-16(26-4)8-12-17/h5-12,19H,13-14H2,1-4H3. The zero-order chi connectivity index (χ0) is 20.7. The van der Waals surface area contributed by atoms with Crippen molar-refractivity contribution in [3.8, 4) is 5.75 Å². The Labute approximate surface area is 167 Å². The predicted molar refractivity (Wildman–Crippen MR) is 108 cm³/mol. The molecule has 0 unspecified atom stereocenters. The number of benzene rings is 2. The van der Waals surface area contributed by atoms with E-state index in [0.29, 0.717) is 5.75 Å². The SMILES string of the molecule is COc1ccc(S(=O)(=O)C2CN(S(=O)(=O)c3ccc(C(C)(C)C)cc3)C2)cc1. The summed E-state index contributed by atoms with van der Waals surface area (Å²) < 4.78 is 57.3. The highest BCUT2D eigenvalue weighted by Gasteiger charge is 2.44. The molecule has 1 aliphatic rings. The molecule has 0 spiro atoms. The van der Waals surface area contributed by atoms with Crippen LogP contribution in [-0.2, 0) is 25.3 Å². The van der Waals surface area contributed by atoms with Crippen LogP contribution in [0, 0.1) is 0 Å². The lowest BCUT2D eigenvalue weighted by Crippen LogP contribution is -2.56. The minimum Gasteiger partial charge on any atom is -0.497 e. The molecule has 28 heavy (non-hydrogen) atoms. The monoisotopic (exact) mass is 423 g/mol. The molecule has 152 valence electrons. The van der Waals surface area contributed by atoms with Crippen molar-refractivity contribution >= 4 is 19.9 Å². The summed E-state index contributed by atoms with van der Waals surface area (Å²) in [6.45, 7) is 6.08. The van der Waals surface area contributed by atoms with E-state index in [9.17, 15) is 16.8 Å². The van der Waals surface area contributed by atoms with Crippen molar-refractivity contribution in [2.24, 2.45) is 0 Å². The lowest BCUT2D eigenvalue weighted by Gasteiger charge is -2.37. The lowest BCUT2D eigenvalue weighted by atomic mass is 9.87. The van der Waals surface area contributed by atoms with E-state index < -0.39 is 25.1 Å². The van der Waals surface area contributed by atoms with Gasteiger partial charge in [-0.2, -0.15) is 4.31 Å². The fourth-order valence-corrected chi connectivity index (χ4v) is 6.40. The molecule has 0 radical (unpaired) electrons. The maximum Gasteiger partial charge on any atom is 0.243 e. The van der Waals surface area contributed by atoms with Gasteiger partial charge in [0.15, 0.2) is 9.84 Å². The molecule has 0 bridgehead atoms. The van der Waals surface area contributed by atoms with Crippen LogP contribution in [0.4, 0.5) is 0 Å². The highest BCUT2D eigenvalue weighted by molar-refractivity contribution is 7.92. The molecule has 0 N–H and O–H groups in total. The first-order chi connectivity index (χ1) is 13.0. The summed E-state index contributed by atoms with van der Waals surface area (Å²) >= 11 is 0. The Kier molecular flexibility index (Phi) is 5.33. The van der Waals surface area contributed by atoms with E-state index in [0.717, 1.165) is 5.56 Å². The van der Waals surface area contributed by atoms with Crippen LogP contribution in [0.1, 0.15) is 26.3 Å². The lowest BCUT2D eigenvalue weighted by molar-refractivity contribution is 0.309. The zero-order valence-electron chi connectivity index (χ0n) is 16.4. The Bertz CT molecular complexity index is 1050. The van der Waals surface area contributed by atoms with Gasteiger partial charge in [-0.25, -0.2) is 16.8 Å². The van der Waals surface area contributed by atoms with Crippen molar-refractivity contribution in [1.29, 1.82) is 0 Å². The van der Waals surface area contributed by atoms with Crippen molar-refractivity contribution in [3.05, 3.63) is 54.1 Å². The number of nitrogens with zero attached hydrogens (tertiary/aromatic N) is 1. The van der Waals surface area contributed by atoms with Crippen LogP contribution in [-0.4, -0.2) is 46.6 Å². The molecular formula is C20H25NO5S2. The summed E-state index contributed by atoms with van der Waals surface area (Å²) in [5.41, 5.74) is 0.964. The van der Waals surface area contributed by atoms with Crippen LogP contribution in [0.25, 0.3) is 0 Å². The maximum absolute atomic E-state index is 12.8. The molecule has 2 aromatic carbocycles. The molecule has 1 aliphatic heterocycles. The van der Waals surface area contributed by atoms with Crippen molar-refractivity contribution in [2.75, 3.05) is 20.2 Å². The highest BCUT2D eigenvalue weighted by atomic mass is 32.2. The van der Waals surface area contributed by atoms with Crippen LogP contribution in [0.15, 0.2) is 58.3 Å². The normalized spacial score (nSPS) is 16.6. The number of ether oxygens (including phenoxy) is 1. The zero-order valence-corrected chi connectivity index (χ0v) is 18.0. The van der Waals surface area contributed by atoms with Crippen LogP contribution in [0.3, 0.4) is 0 Å². The third-order valence-electron chi connectivity index (χ3n) is 5.00. The maximum atomic E-state index is 12.8. The number of sulfone groups is 1. The van der Waals surface area contributed by atoms with Gasteiger partial charge in [0.2, 0.25) is 10.0 Å². The molecule has 0 aliphatic carbocycles. The average Bonchev–Trinajstić information content (AvgIpc) is 2.59. The largest absolute Gasteiger partial charge is 0.497 e. The van der Waals surface area contributed by atoms with Gasteiger partial charge in [-0.15, -0.1) is 0 Å². The Balaban J connectivity index is 1.74. The Morgan fingerprint density at radius 2 is 1.36 bits per heavy atom. The van der Waals surface area contributed by atoms with Gasteiger partial charge < -0.3 is 4.74 Å². The molecular weight excluding hydrogens is 398 g/mol. The van der Waals surface area contributed by atoms with Gasteiger partial charge in [0.1, 0.15) is 5.75 Å². The minimum absolute atomic E-state index is 0.0439. The summed E-state index contributed by atoms with van der Waals surface area (Å²) in [4.78, 5) is 0.352. The average molecular weight is 424 g/mol. The number of rotatable bonds is 5. The van der Waals surface area contributed by atoms with Crippen LogP contribution < -0.4 is 4.74 Å². The van der Waals surface area contributed by atoms with E-state index in [1.54, 1.807) is 36.4 Å². The van der Waals surface area contributed by atoms with Crippen LogP contribution in [0.2, 0.25) is 0 Å². The molecule has 0 atom stereocenters. The molecule has 0 amide bonds. The van der Waals surface area contributed by atoms with E-state index in [2.05, 4.69) is 20.8 Å². The van der Waals surface area contributed by atoms with Crippen LogP contribution >= 0.6 is 0 Å². The summed E-state index contributed by atoms with van der Waals surface area (Å²) in [5.74, 6) is 0.565. The summed E-state index contributed by atoms with van der Waals surface area (Å²) in [5, 5.41) is -0.746. The first-order valence-electron chi connectivity index (χ1n) is 8.95. The number of hydrogen-bond acceptors (Lipinski definition) is 5. The summed E-state index contributed by atoms with van der Waals surface area (Å²) in [7, 11) is -5.79. The van der Waals surface area contributed by atoms with Crippen molar-refractivity contribution in [1.82, 2.24) is 4.31 Å². The fraction of sp³-hybridized carbons (Fsp3) is 0.400. The number of hydrogen-bond donors (Lipinski definition) is 0.